The van der Waals surface area contributed by atoms with Gasteiger partial charge in [0.2, 0.25) is 5.91 Å². The lowest BCUT2D eigenvalue weighted by atomic mass is 10.1. The summed E-state index contributed by atoms with van der Waals surface area (Å²) in [6.07, 6.45) is 2.75. The molecule has 6 nitrogen and oxygen atoms in total. The van der Waals surface area contributed by atoms with Gasteiger partial charge in [0.1, 0.15) is 5.82 Å². The number of hydrogen-bond donors (Lipinski definition) is 1. The van der Waals surface area contributed by atoms with Gasteiger partial charge in [0.05, 0.1) is 17.8 Å². The summed E-state index contributed by atoms with van der Waals surface area (Å²) in [7, 11) is 3.80. The minimum atomic E-state index is -0.296. The van der Waals surface area contributed by atoms with Crippen LogP contribution < -0.4 is 4.90 Å². The first-order valence-electron chi connectivity index (χ1n) is 7.67. The number of carbonyl (C=O) groups is 1. The number of carbonyl (C=O) groups excluding carboxylic acids is 1. The van der Waals surface area contributed by atoms with Gasteiger partial charge in [0, 0.05) is 26.2 Å². The van der Waals surface area contributed by atoms with Crippen LogP contribution in [0.5, 0.6) is 0 Å². The van der Waals surface area contributed by atoms with E-state index in [-0.39, 0.29) is 18.1 Å². The van der Waals surface area contributed by atoms with Crippen LogP contribution in [-0.2, 0) is 11.8 Å². The Labute approximate surface area is 125 Å². The van der Waals surface area contributed by atoms with E-state index in [4.69, 9.17) is 0 Å². The maximum Gasteiger partial charge on any atom is 0.245 e. The first kappa shape index (κ1) is 14.5. The van der Waals surface area contributed by atoms with Crippen molar-refractivity contribution in [3.63, 3.8) is 0 Å². The number of amides is 1. The lowest BCUT2D eigenvalue weighted by Gasteiger charge is -2.25. The fourth-order valence-corrected chi connectivity index (χ4v) is 3.20. The van der Waals surface area contributed by atoms with Gasteiger partial charge in [-0.15, -0.1) is 0 Å². The van der Waals surface area contributed by atoms with E-state index >= 15 is 0 Å². The lowest BCUT2D eigenvalue weighted by molar-refractivity contribution is -0.121. The summed E-state index contributed by atoms with van der Waals surface area (Å²) in [5, 5.41) is 14.4. The van der Waals surface area contributed by atoms with Crippen molar-refractivity contribution in [1.29, 1.82) is 0 Å². The van der Waals surface area contributed by atoms with Crippen molar-refractivity contribution in [3.8, 4) is 0 Å². The number of rotatable bonds is 5. The third-order valence-corrected chi connectivity index (χ3v) is 4.60. The molecule has 0 radical (unpaired) electrons. The van der Waals surface area contributed by atoms with E-state index in [1.165, 1.54) is 0 Å². The lowest BCUT2D eigenvalue weighted by Crippen LogP contribution is -2.43. The van der Waals surface area contributed by atoms with Crippen LogP contribution in [0, 0.1) is 12.8 Å². The Hall–Kier alpha value is -1.40. The normalized spacial score (nSPS) is 24.1. The zero-order valence-electron chi connectivity index (χ0n) is 13.0. The predicted octanol–water partition coefficient (Wildman–Crippen LogP) is 0.537. The number of aliphatic hydroxyl groups is 1. The molecular weight excluding hydrogens is 268 g/mol. The van der Waals surface area contributed by atoms with Gasteiger partial charge in [-0.3, -0.25) is 19.3 Å². The Kier molecular flexibility index (Phi) is 3.75. The van der Waals surface area contributed by atoms with E-state index in [9.17, 15) is 9.90 Å². The molecule has 2 atom stereocenters. The number of aliphatic hydroxyl groups excluding tert-OH is 1. The van der Waals surface area contributed by atoms with E-state index in [1.807, 2.05) is 36.9 Å². The molecule has 2 fully saturated rings. The minimum Gasteiger partial charge on any atom is -0.392 e. The highest BCUT2D eigenvalue weighted by molar-refractivity contribution is 5.98. The first-order valence-corrected chi connectivity index (χ1v) is 7.67. The average Bonchev–Trinajstić information content (AvgIpc) is 3.12. The molecule has 1 aromatic rings. The second kappa shape index (κ2) is 5.42. The van der Waals surface area contributed by atoms with Crippen molar-refractivity contribution >= 4 is 11.7 Å². The molecule has 1 N–H and O–H groups in total. The summed E-state index contributed by atoms with van der Waals surface area (Å²) in [4.78, 5) is 16.5. The highest BCUT2D eigenvalue weighted by Gasteiger charge is 2.38. The van der Waals surface area contributed by atoms with Crippen molar-refractivity contribution in [1.82, 2.24) is 14.7 Å². The molecule has 1 aliphatic heterocycles. The monoisotopic (exact) mass is 292 g/mol. The number of anilines is 1. The van der Waals surface area contributed by atoms with Crippen molar-refractivity contribution in [2.45, 2.75) is 38.3 Å². The Morgan fingerprint density at radius 1 is 1.48 bits per heavy atom. The first-order chi connectivity index (χ1) is 9.97. The molecule has 1 saturated heterocycles. The van der Waals surface area contributed by atoms with E-state index in [0.29, 0.717) is 19.0 Å². The third kappa shape index (κ3) is 2.82. The number of likely N-dealkylation sites (N-methyl/N-ethyl adjacent to an activating group) is 1. The van der Waals surface area contributed by atoms with Gasteiger partial charge < -0.3 is 5.11 Å². The summed E-state index contributed by atoms with van der Waals surface area (Å²) in [6.45, 7) is 3.23. The van der Waals surface area contributed by atoms with E-state index in [2.05, 4.69) is 5.10 Å². The molecule has 0 bridgehead atoms. The molecular formula is C15H24N4O2. The van der Waals surface area contributed by atoms with Crippen LogP contribution in [0.2, 0.25) is 0 Å². The second-order valence-corrected chi connectivity index (χ2v) is 6.41. The zero-order chi connectivity index (χ0) is 15.1. The topological polar surface area (TPSA) is 61.6 Å². The summed E-state index contributed by atoms with van der Waals surface area (Å²) in [5.41, 5.74) is 0.918. The molecule has 2 aliphatic rings. The molecule has 1 aromatic heterocycles. The maximum atomic E-state index is 12.6. The van der Waals surface area contributed by atoms with Gasteiger partial charge in [0.15, 0.2) is 0 Å². The fourth-order valence-electron chi connectivity index (χ4n) is 3.20. The smallest absolute Gasteiger partial charge is 0.245 e. The fraction of sp³-hybridized carbons (Fsp3) is 0.733. The minimum absolute atomic E-state index is 0.114. The largest absolute Gasteiger partial charge is 0.392 e. The van der Waals surface area contributed by atoms with Gasteiger partial charge in [-0.2, -0.15) is 5.10 Å². The molecule has 2 heterocycles. The average molecular weight is 292 g/mol. The Balaban J connectivity index is 1.66. The Bertz CT molecular complexity index is 538. The summed E-state index contributed by atoms with van der Waals surface area (Å²) in [5.74, 6) is 1.42. The van der Waals surface area contributed by atoms with Crippen molar-refractivity contribution in [3.05, 3.63) is 11.8 Å². The molecule has 1 amide bonds. The van der Waals surface area contributed by atoms with Gasteiger partial charge in [-0.05, 0) is 39.2 Å². The quantitative estimate of drug-likeness (QED) is 0.860. The summed E-state index contributed by atoms with van der Waals surface area (Å²) in [6, 6.07) is 1.81. The maximum absolute atomic E-state index is 12.6. The van der Waals surface area contributed by atoms with Crippen LogP contribution in [0.25, 0.3) is 0 Å². The van der Waals surface area contributed by atoms with Crippen LogP contribution in [0.4, 0.5) is 5.82 Å². The Morgan fingerprint density at radius 2 is 2.19 bits per heavy atom. The van der Waals surface area contributed by atoms with E-state index in [1.54, 1.807) is 4.68 Å². The van der Waals surface area contributed by atoms with Gasteiger partial charge in [-0.25, -0.2) is 0 Å². The number of hydrogen-bond acceptors (Lipinski definition) is 4. The van der Waals surface area contributed by atoms with Crippen molar-refractivity contribution in [2.75, 3.05) is 25.0 Å². The van der Waals surface area contributed by atoms with Gasteiger partial charge >= 0.3 is 0 Å². The predicted molar refractivity (Wildman–Crippen MR) is 80.1 cm³/mol. The third-order valence-electron chi connectivity index (χ3n) is 4.60. The molecule has 0 aromatic carbocycles. The SMILES string of the molecule is Cc1cc(N2CCC(N(C)CC(O)C3CC3)C2=O)n(C)n1. The van der Waals surface area contributed by atoms with Crippen LogP contribution in [-0.4, -0.2) is 58.0 Å². The van der Waals surface area contributed by atoms with Crippen LogP contribution in [0.15, 0.2) is 6.07 Å². The number of nitrogens with zero attached hydrogens (tertiary/aromatic N) is 4. The summed E-state index contributed by atoms with van der Waals surface area (Å²) >= 11 is 0. The molecule has 6 heteroatoms. The second-order valence-electron chi connectivity index (χ2n) is 6.41. The van der Waals surface area contributed by atoms with Crippen molar-refractivity contribution in [2.24, 2.45) is 13.0 Å². The van der Waals surface area contributed by atoms with Crippen LogP contribution in [0.1, 0.15) is 25.0 Å². The molecule has 21 heavy (non-hydrogen) atoms. The van der Waals surface area contributed by atoms with Gasteiger partial charge in [-0.1, -0.05) is 0 Å². The number of aromatic nitrogens is 2. The van der Waals surface area contributed by atoms with Crippen LogP contribution >= 0.6 is 0 Å². The van der Waals surface area contributed by atoms with E-state index in [0.717, 1.165) is 30.8 Å². The van der Waals surface area contributed by atoms with Gasteiger partial charge in [0.25, 0.3) is 0 Å². The molecule has 3 rings (SSSR count). The van der Waals surface area contributed by atoms with Crippen LogP contribution in [0.3, 0.4) is 0 Å². The molecule has 0 spiro atoms. The highest BCUT2D eigenvalue weighted by atomic mass is 16.3. The van der Waals surface area contributed by atoms with Crippen molar-refractivity contribution < 1.29 is 9.90 Å². The molecule has 1 saturated carbocycles. The zero-order valence-corrected chi connectivity index (χ0v) is 13.0. The van der Waals surface area contributed by atoms with E-state index < -0.39 is 0 Å². The highest BCUT2D eigenvalue weighted by Crippen LogP contribution is 2.33. The standard InChI is InChI=1S/C15H24N4O2/c1-10-8-14(18(3)16-10)19-7-6-12(15(19)21)17(2)9-13(20)11-4-5-11/h8,11-13,20H,4-7,9H2,1-3H3. The number of aryl methyl sites for hydroxylation is 2. The molecule has 116 valence electrons. The summed E-state index contributed by atoms with van der Waals surface area (Å²) < 4.78 is 1.76. The molecule has 2 unspecified atom stereocenters. The Morgan fingerprint density at radius 3 is 2.76 bits per heavy atom. The molecule has 1 aliphatic carbocycles.